The van der Waals surface area contributed by atoms with E-state index in [1.54, 1.807) is 11.3 Å². The van der Waals surface area contributed by atoms with E-state index in [2.05, 4.69) is 38.4 Å². The third-order valence-electron chi connectivity index (χ3n) is 4.61. The summed E-state index contributed by atoms with van der Waals surface area (Å²) in [5.74, 6) is 1.23. The van der Waals surface area contributed by atoms with Gasteiger partial charge >= 0.3 is 5.97 Å². The van der Waals surface area contributed by atoms with Gasteiger partial charge in [0.25, 0.3) is 0 Å². The van der Waals surface area contributed by atoms with E-state index in [1.165, 1.54) is 12.0 Å². The fourth-order valence-corrected chi connectivity index (χ4v) is 4.12. The van der Waals surface area contributed by atoms with Gasteiger partial charge in [-0.15, -0.1) is 11.3 Å². The summed E-state index contributed by atoms with van der Waals surface area (Å²) < 4.78 is 4.89. The lowest BCUT2D eigenvalue weighted by molar-refractivity contribution is -0.141. The van der Waals surface area contributed by atoms with Gasteiger partial charge in [0.2, 0.25) is 0 Å². The minimum Gasteiger partial charge on any atom is -0.469 e. The Kier molecular flexibility index (Phi) is 6.42. The van der Waals surface area contributed by atoms with Gasteiger partial charge in [-0.25, -0.2) is 4.98 Å². The Hall–Kier alpha value is -1.92. The largest absolute Gasteiger partial charge is 0.469 e. The predicted molar refractivity (Wildman–Crippen MR) is 101 cm³/mol. The fraction of sp³-hybridized carbons (Fsp3) is 0.474. The second kappa shape index (κ2) is 8.97. The highest BCUT2D eigenvalue weighted by atomic mass is 32.1. The molecule has 1 aliphatic heterocycles. The number of pyridine rings is 1. The molecule has 0 spiro atoms. The second-order valence-electron chi connectivity index (χ2n) is 6.41. The highest BCUT2D eigenvalue weighted by molar-refractivity contribution is 7.09. The van der Waals surface area contributed by atoms with Crippen molar-refractivity contribution in [1.29, 1.82) is 0 Å². The molecule has 25 heavy (non-hydrogen) atoms. The minimum absolute atomic E-state index is 0.117. The number of hydrogen-bond acceptors (Lipinski definition) is 6. The summed E-state index contributed by atoms with van der Waals surface area (Å²) in [5.41, 5.74) is 0. The summed E-state index contributed by atoms with van der Waals surface area (Å²) >= 11 is 1.76. The fourth-order valence-electron chi connectivity index (χ4n) is 3.30. The molecule has 0 aromatic carbocycles. The first-order chi connectivity index (χ1) is 12.2. The van der Waals surface area contributed by atoms with Crippen molar-refractivity contribution in [2.45, 2.75) is 12.8 Å². The van der Waals surface area contributed by atoms with Crippen LogP contribution in [0.5, 0.6) is 0 Å². The first kappa shape index (κ1) is 17.9. The molecule has 2 aromatic heterocycles. The third kappa shape index (κ3) is 5.28. The smallest absolute Gasteiger partial charge is 0.305 e. The van der Waals surface area contributed by atoms with E-state index in [4.69, 9.17) is 4.74 Å². The molecule has 1 fully saturated rings. The molecule has 134 valence electrons. The van der Waals surface area contributed by atoms with Crippen molar-refractivity contribution in [3.8, 4) is 0 Å². The maximum Gasteiger partial charge on any atom is 0.305 e. The number of nitrogens with zero attached hydrogens (tertiary/aromatic N) is 3. The van der Waals surface area contributed by atoms with Gasteiger partial charge in [0.05, 0.1) is 7.11 Å². The molecule has 0 aliphatic carbocycles. The molecular formula is C19H25N3O2S. The zero-order chi connectivity index (χ0) is 17.5. The van der Waals surface area contributed by atoms with Crippen LogP contribution < -0.4 is 4.90 Å². The number of piperazine rings is 1. The standard InChI is InChI=1S/C19H25N3O2S/c1-24-19(23)14-16(13-17-5-4-12-25-17)15-21-8-10-22(11-9-21)18-6-2-3-7-20-18/h2-7,12,16H,8-11,13-15H2,1H3. The van der Waals surface area contributed by atoms with Gasteiger partial charge < -0.3 is 9.64 Å². The summed E-state index contributed by atoms with van der Waals surface area (Å²) in [6.45, 7) is 4.88. The third-order valence-corrected chi connectivity index (χ3v) is 5.51. The molecule has 1 saturated heterocycles. The maximum absolute atomic E-state index is 11.8. The minimum atomic E-state index is -0.117. The number of aromatic nitrogens is 1. The number of ether oxygens (including phenoxy) is 1. The van der Waals surface area contributed by atoms with Crippen molar-refractivity contribution in [2.24, 2.45) is 5.92 Å². The summed E-state index contributed by atoms with van der Waals surface area (Å²) in [5, 5.41) is 2.09. The first-order valence-corrected chi connectivity index (χ1v) is 9.60. The summed E-state index contributed by atoms with van der Waals surface area (Å²) in [4.78, 5) is 22.3. The molecule has 1 aliphatic rings. The molecule has 0 radical (unpaired) electrons. The molecular weight excluding hydrogens is 334 g/mol. The molecule has 3 heterocycles. The van der Waals surface area contributed by atoms with Gasteiger partial charge in [0, 0.05) is 50.2 Å². The molecule has 1 unspecified atom stereocenters. The molecule has 1 atom stereocenters. The zero-order valence-corrected chi connectivity index (χ0v) is 15.5. The molecule has 0 amide bonds. The van der Waals surface area contributed by atoms with Crippen LogP contribution in [0.3, 0.4) is 0 Å². The van der Waals surface area contributed by atoms with Crippen molar-refractivity contribution in [1.82, 2.24) is 9.88 Å². The predicted octanol–water partition coefficient (Wildman–Crippen LogP) is 2.69. The van der Waals surface area contributed by atoms with Crippen LogP contribution >= 0.6 is 11.3 Å². The molecule has 6 heteroatoms. The van der Waals surface area contributed by atoms with Gasteiger partial charge in [-0.05, 0) is 35.9 Å². The van der Waals surface area contributed by atoms with E-state index < -0.39 is 0 Å². The van der Waals surface area contributed by atoms with Crippen LogP contribution in [0.25, 0.3) is 0 Å². The Balaban J connectivity index is 1.54. The van der Waals surface area contributed by atoms with Crippen LogP contribution in [0, 0.1) is 5.92 Å². The van der Waals surface area contributed by atoms with Crippen molar-refractivity contribution in [2.75, 3.05) is 44.7 Å². The molecule has 3 rings (SSSR count). The first-order valence-electron chi connectivity index (χ1n) is 8.72. The quantitative estimate of drug-likeness (QED) is 0.711. The Labute approximate surface area is 153 Å². The Morgan fingerprint density at radius 3 is 2.72 bits per heavy atom. The van der Waals surface area contributed by atoms with E-state index >= 15 is 0 Å². The van der Waals surface area contributed by atoms with Crippen molar-refractivity contribution < 1.29 is 9.53 Å². The van der Waals surface area contributed by atoms with Crippen molar-refractivity contribution in [3.05, 3.63) is 46.8 Å². The van der Waals surface area contributed by atoms with E-state index in [0.29, 0.717) is 12.3 Å². The van der Waals surface area contributed by atoms with Crippen molar-refractivity contribution >= 4 is 23.1 Å². The number of thiophene rings is 1. The van der Waals surface area contributed by atoms with E-state index in [0.717, 1.165) is 45.0 Å². The number of anilines is 1. The number of methoxy groups -OCH3 is 1. The summed E-state index contributed by atoms with van der Waals surface area (Å²) in [6.07, 6.45) is 3.26. The van der Waals surface area contributed by atoms with Gasteiger partial charge in [-0.2, -0.15) is 0 Å². The second-order valence-corrected chi connectivity index (χ2v) is 7.44. The Morgan fingerprint density at radius 2 is 2.08 bits per heavy atom. The topological polar surface area (TPSA) is 45.7 Å². The van der Waals surface area contributed by atoms with Crippen LogP contribution in [-0.2, 0) is 16.0 Å². The molecule has 0 saturated carbocycles. The van der Waals surface area contributed by atoms with E-state index in [-0.39, 0.29) is 5.97 Å². The van der Waals surface area contributed by atoms with Gasteiger partial charge in [0.15, 0.2) is 0 Å². The van der Waals surface area contributed by atoms with Gasteiger partial charge in [-0.3, -0.25) is 9.69 Å². The molecule has 2 aromatic rings. The Morgan fingerprint density at radius 1 is 1.24 bits per heavy atom. The molecule has 5 nitrogen and oxygen atoms in total. The maximum atomic E-state index is 11.8. The average Bonchev–Trinajstić information content (AvgIpc) is 3.16. The van der Waals surface area contributed by atoms with Crippen LogP contribution in [-0.4, -0.2) is 55.7 Å². The van der Waals surface area contributed by atoms with Gasteiger partial charge in [-0.1, -0.05) is 12.1 Å². The van der Waals surface area contributed by atoms with Crippen LogP contribution in [0.2, 0.25) is 0 Å². The molecule has 0 bridgehead atoms. The SMILES string of the molecule is COC(=O)CC(Cc1cccs1)CN1CCN(c2ccccn2)CC1. The van der Waals surface area contributed by atoms with E-state index in [1.807, 2.05) is 18.3 Å². The normalized spacial score (nSPS) is 16.6. The van der Waals surface area contributed by atoms with Crippen LogP contribution in [0.4, 0.5) is 5.82 Å². The lowest BCUT2D eigenvalue weighted by Gasteiger charge is -2.36. The van der Waals surface area contributed by atoms with Crippen molar-refractivity contribution in [3.63, 3.8) is 0 Å². The lowest BCUT2D eigenvalue weighted by atomic mass is 9.99. The number of carbonyl (C=O) groups excluding carboxylic acids is 1. The van der Waals surface area contributed by atoms with Crippen LogP contribution in [0.1, 0.15) is 11.3 Å². The van der Waals surface area contributed by atoms with E-state index in [9.17, 15) is 4.79 Å². The number of rotatable bonds is 7. The molecule has 0 N–H and O–H groups in total. The van der Waals surface area contributed by atoms with Crippen LogP contribution in [0.15, 0.2) is 41.9 Å². The monoisotopic (exact) mass is 359 g/mol. The number of carbonyl (C=O) groups is 1. The highest BCUT2D eigenvalue weighted by Gasteiger charge is 2.23. The zero-order valence-electron chi connectivity index (χ0n) is 14.6. The summed E-state index contributed by atoms with van der Waals surface area (Å²) in [7, 11) is 1.47. The van der Waals surface area contributed by atoms with Gasteiger partial charge in [0.1, 0.15) is 5.82 Å². The lowest BCUT2D eigenvalue weighted by Crippen LogP contribution is -2.48. The number of hydrogen-bond donors (Lipinski definition) is 0. The summed E-state index contributed by atoms with van der Waals surface area (Å²) in [6, 6.07) is 10.3. The highest BCUT2D eigenvalue weighted by Crippen LogP contribution is 2.20. The average molecular weight is 359 g/mol. The number of esters is 1. The Bertz CT molecular complexity index is 640.